The first-order valence-corrected chi connectivity index (χ1v) is 3.46. The smallest absolute Gasteiger partial charge is 0.0125 e. The lowest BCUT2D eigenvalue weighted by atomic mass is 10.4. The molecule has 0 aromatic carbocycles. The molecule has 0 unspecified atom stereocenters. The second kappa shape index (κ2) is 5.09. The van der Waals surface area contributed by atoms with Crippen LogP contribution in [0.3, 0.4) is 0 Å². The van der Waals surface area contributed by atoms with E-state index in [9.17, 15) is 0 Å². The standard InChI is InChI=1S/C7H9I/c1-3-4-5-6-7(2)8/h3-6H,1H2,2H3/b5-4-,7-6+. The summed E-state index contributed by atoms with van der Waals surface area (Å²) in [6.45, 7) is 5.59. The molecule has 0 aliphatic rings. The zero-order valence-electron chi connectivity index (χ0n) is 4.89. The van der Waals surface area contributed by atoms with Crippen molar-refractivity contribution in [2.75, 3.05) is 0 Å². The fourth-order valence-corrected chi connectivity index (χ4v) is 0.474. The third-order valence-electron chi connectivity index (χ3n) is 0.573. The van der Waals surface area contributed by atoms with Crippen LogP contribution in [-0.2, 0) is 0 Å². The van der Waals surface area contributed by atoms with Crippen molar-refractivity contribution < 1.29 is 0 Å². The first-order chi connectivity index (χ1) is 3.77. The minimum Gasteiger partial charge on any atom is -0.0991 e. The van der Waals surface area contributed by atoms with Gasteiger partial charge in [-0.2, -0.15) is 0 Å². The molecule has 0 atom stereocenters. The van der Waals surface area contributed by atoms with Gasteiger partial charge in [-0.1, -0.05) is 30.9 Å². The third kappa shape index (κ3) is 5.95. The Labute approximate surface area is 64.1 Å². The second-order valence-corrected chi connectivity index (χ2v) is 3.08. The largest absolute Gasteiger partial charge is 0.0991 e. The molecule has 1 heteroatoms. The van der Waals surface area contributed by atoms with Crippen LogP contribution in [0.4, 0.5) is 0 Å². The van der Waals surface area contributed by atoms with Gasteiger partial charge in [0.1, 0.15) is 0 Å². The molecule has 0 amide bonds. The summed E-state index contributed by atoms with van der Waals surface area (Å²) >= 11 is 2.26. The molecule has 0 aromatic rings. The molecular weight excluding hydrogens is 211 g/mol. The van der Waals surface area contributed by atoms with E-state index < -0.39 is 0 Å². The fourth-order valence-electron chi connectivity index (χ4n) is 0.267. The predicted molar refractivity (Wildman–Crippen MR) is 47.1 cm³/mol. The zero-order chi connectivity index (χ0) is 6.41. The van der Waals surface area contributed by atoms with Crippen LogP contribution in [0.25, 0.3) is 0 Å². The van der Waals surface area contributed by atoms with Crippen molar-refractivity contribution in [3.8, 4) is 0 Å². The lowest BCUT2D eigenvalue weighted by molar-refractivity contribution is 1.71. The highest BCUT2D eigenvalue weighted by molar-refractivity contribution is 14.1. The van der Waals surface area contributed by atoms with E-state index in [0.717, 1.165) is 0 Å². The molecule has 44 valence electrons. The summed E-state index contributed by atoms with van der Waals surface area (Å²) in [5.74, 6) is 0. The maximum absolute atomic E-state index is 3.54. The maximum atomic E-state index is 3.54. The van der Waals surface area contributed by atoms with E-state index in [1.807, 2.05) is 25.2 Å². The van der Waals surface area contributed by atoms with E-state index in [0.29, 0.717) is 0 Å². The summed E-state index contributed by atoms with van der Waals surface area (Å²) in [7, 11) is 0. The van der Waals surface area contributed by atoms with E-state index in [4.69, 9.17) is 0 Å². The molecule has 0 aliphatic heterocycles. The van der Waals surface area contributed by atoms with Gasteiger partial charge in [0.05, 0.1) is 0 Å². The number of hydrogen-bond acceptors (Lipinski definition) is 0. The topological polar surface area (TPSA) is 0 Å². The monoisotopic (exact) mass is 220 g/mol. The Kier molecular flexibility index (Phi) is 5.06. The third-order valence-corrected chi connectivity index (χ3v) is 0.933. The van der Waals surface area contributed by atoms with Gasteiger partial charge < -0.3 is 0 Å². The summed E-state index contributed by atoms with van der Waals surface area (Å²) in [5.41, 5.74) is 0. The maximum Gasteiger partial charge on any atom is -0.0125 e. The van der Waals surface area contributed by atoms with Crippen LogP contribution in [0.5, 0.6) is 0 Å². The van der Waals surface area contributed by atoms with Crippen molar-refractivity contribution in [2.24, 2.45) is 0 Å². The van der Waals surface area contributed by atoms with Gasteiger partial charge in [0, 0.05) is 0 Å². The molecule has 0 aromatic heterocycles. The number of hydrogen-bond donors (Lipinski definition) is 0. The quantitative estimate of drug-likeness (QED) is 0.495. The van der Waals surface area contributed by atoms with Crippen molar-refractivity contribution >= 4 is 22.6 Å². The number of allylic oxidation sites excluding steroid dienone is 5. The van der Waals surface area contributed by atoms with Gasteiger partial charge in [0.2, 0.25) is 0 Å². The highest BCUT2D eigenvalue weighted by Crippen LogP contribution is 2.01. The van der Waals surface area contributed by atoms with Gasteiger partial charge in [0.25, 0.3) is 0 Å². The Hall–Kier alpha value is -0.0500. The van der Waals surface area contributed by atoms with Crippen molar-refractivity contribution in [2.45, 2.75) is 6.92 Å². The minimum atomic E-state index is 1.28. The average Bonchev–Trinajstić information content (AvgIpc) is 1.66. The van der Waals surface area contributed by atoms with E-state index in [1.54, 1.807) is 6.08 Å². The van der Waals surface area contributed by atoms with E-state index >= 15 is 0 Å². The first kappa shape index (κ1) is 7.95. The molecule has 0 radical (unpaired) electrons. The van der Waals surface area contributed by atoms with Crippen molar-refractivity contribution in [1.82, 2.24) is 0 Å². The molecule has 0 heterocycles. The molecule has 0 saturated carbocycles. The SMILES string of the molecule is C=C/C=C\C=C(/C)I. The van der Waals surface area contributed by atoms with Crippen LogP contribution in [0.1, 0.15) is 6.92 Å². The van der Waals surface area contributed by atoms with Crippen LogP contribution in [-0.4, -0.2) is 0 Å². The van der Waals surface area contributed by atoms with Gasteiger partial charge in [-0.25, -0.2) is 0 Å². The van der Waals surface area contributed by atoms with E-state index in [-0.39, 0.29) is 0 Å². The number of rotatable bonds is 2. The Bertz CT molecular complexity index is 116. The predicted octanol–water partition coefficient (Wildman–Crippen LogP) is 3.07. The lowest BCUT2D eigenvalue weighted by Crippen LogP contribution is -1.51. The van der Waals surface area contributed by atoms with Gasteiger partial charge in [-0.3, -0.25) is 0 Å². The van der Waals surface area contributed by atoms with Crippen molar-refractivity contribution in [3.63, 3.8) is 0 Å². The highest BCUT2D eigenvalue weighted by atomic mass is 127. The molecular formula is C7H9I. The molecule has 0 bridgehead atoms. The summed E-state index contributed by atoms with van der Waals surface area (Å²) in [5, 5.41) is 0. The Morgan fingerprint density at radius 3 is 2.50 bits per heavy atom. The molecule has 0 rings (SSSR count). The average molecular weight is 220 g/mol. The minimum absolute atomic E-state index is 1.28. The number of halogens is 1. The van der Waals surface area contributed by atoms with Gasteiger partial charge in [0.15, 0.2) is 0 Å². The summed E-state index contributed by atoms with van der Waals surface area (Å²) in [6, 6.07) is 0. The molecule has 0 saturated heterocycles. The van der Waals surface area contributed by atoms with Crippen LogP contribution < -0.4 is 0 Å². The summed E-state index contributed by atoms with van der Waals surface area (Å²) < 4.78 is 1.28. The molecule has 0 aliphatic carbocycles. The van der Waals surface area contributed by atoms with Crippen LogP contribution in [0.15, 0.2) is 34.5 Å². The van der Waals surface area contributed by atoms with Gasteiger partial charge in [-0.15, -0.1) is 0 Å². The van der Waals surface area contributed by atoms with Crippen LogP contribution in [0.2, 0.25) is 0 Å². The van der Waals surface area contributed by atoms with Gasteiger partial charge >= 0.3 is 0 Å². The molecule has 0 nitrogen and oxygen atoms in total. The van der Waals surface area contributed by atoms with E-state index in [1.165, 1.54) is 3.58 Å². The Morgan fingerprint density at radius 2 is 2.12 bits per heavy atom. The Morgan fingerprint density at radius 1 is 1.50 bits per heavy atom. The Balaban J connectivity index is 3.57. The molecule has 0 spiro atoms. The normalized spacial score (nSPS) is 12.5. The highest BCUT2D eigenvalue weighted by Gasteiger charge is 1.68. The van der Waals surface area contributed by atoms with Gasteiger partial charge in [-0.05, 0) is 33.1 Å². The van der Waals surface area contributed by atoms with E-state index in [2.05, 4.69) is 29.2 Å². The molecule has 0 fully saturated rings. The zero-order valence-corrected chi connectivity index (χ0v) is 7.05. The molecule has 0 N–H and O–H groups in total. The molecule has 8 heavy (non-hydrogen) atoms. The van der Waals surface area contributed by atoms with Crippen LogP contribution >= 0.6 is 22.6 Å². The van der Waals surface area contributed by atoms with Crippen LogP contribution in [0, 0.1) is 0 Å². The second-order valence-electron chi connectivity index (χ2n) is 1.37. The fraction of sp³-hybridized carbons (Fsp3) is 0.143. The van der Waals surface area contributed by atoms with Crippen molar-refractivity contribution in [1.29, 1.82) is 0 Å². The summed E-state index contributed by atoms with van der Waals surface area (Å²) in [4.78, 5) is 0. The van der Waals surface area contributed by atoms with Crippen molar-refractivity contribution in [3.05, 3.63) is 34.5 Å². The lowest BCUT2D eigenvalue weighted by Gasteiger charge is -1.76. The first-order valence-electron chi connectivity index (χ1n) is 2.39. The summed E-state index contributed by atoms with van der Waals surface area (Å²) in [6.07, 6.45) is 7.66.